The summed E-state index contributed by atoms with van der Waals surface area (Å²) in [7, 11) is -1.16. The van der Waals surface area contributed by atoms with Crippen LogP contribution in [0.15, 0.2) is 76.7 Å². The quantitative estimate of drug-likeness (QED) is 0.295. The number of halogens is 1. The number of sulfonamides is 1. The molecule has 190 valence electrons. The predicted octanol–water partition coefficient (Wildman–Crippen LogP) is 4.10. The van der Waals surface area contributed by atoms with E-state index in [1.54, 1.807) is 49.4 Å². The third-order valence-corrected chi connectivity index (χ3v) is 6.97. The Balaban J connectivity index is 1.91. The lowest BCUT2D eigenvalue weighted by Gasteiger charge is -2.25. The van der Waals surface area contributed by atoms with Gasteiger partial charge in [-0.3, -0.25) is 9.10 Å². The van der Waals surface area contributed by atoms with Crippen molar-refractivity contribution < 1.29 is 27.4 Å². The molecule has 0 bridgehead atoms. The second kappa shape index (κ2) is 12.3. The van der Waals surface area contributed by atoms with Gasteiger partial charge in [-0.25, -0.2) is 13.8 Å². The molecular weight excluding hydrogens is 506 g/mol. The van der Waals surface area contributed by atoms with E-state index in [0.29, 0.717) is 34.4 Å². The van der Waals surface area contributed by atoms with Crippen molar-refractivity contribution in [1.29, 1.82) is 0 Å². The van der Waals surface area contributed by atoms with E-state index in [0.717, 1.165) is 4.31 Å². The van der Waals surface area contributed by atoms with Crippen molar-refractivity contribution in [2.45, 2.75) is 11.8 Å². The zero-order chi connectivity index (χ0) is 26.1. The minimum absolute atomic E-state index is 0.0318. The van der Waals surface area contributed by atoms with Gasteiger partial charge in [-0.2, -0.15) is 5.10 Å². The highest BCUT2D eigenvalue weighted by molar-refractivity contribution is 7.92. The van der Waals surface area contributed by atoms with Gasteiger partial charge in [-0.05, 0) is 55.5 Å². The first-order valence-corrected chi connectivity index (χ1v) is 12.7. The lowest BCUT2D eigenvalue weighted by Crippen LogP contribution is -2.39. The van der Waals surface area contributed by atoms with Crippen LogP contribution in [0.4, 0.5) is 5.69 Å². The van der Waals surface area contributed by atoms with Gasteiger partial charge in [0.05, 0.1) is 37.6 Å². The Bertz CT molecular complexity index is 1330. The average molecular weight is 532 g/mol. The summed E-state index contributed by atoms with van der Waals surface area (Å²) >= 11 is 5.93. The van der Waals surface area contributed by atoms with Gasteiger partial charge >= 0.3 is 0 Å². The Morgan fingerprint density at radius 3 is 2.36 bits per heavy atom. The Morgan fingerprint density at radius 2 is 1.69 bits per heavy atom. The largest absolute Gasteiger partial charge is 0.493 e. The van der Waals surface area contributed by atoms with Crippen LogP contribution in [0.3, 0.4) is 0 Å². The molecule has 0 saturated heterocycles. The molecule has 3 aromatic rings. The number of para-hydroxylation sites is 3. The summed E-state index contributed by atoms with van der Waals surface area (Å²) in [6, 6.07) is 17.5. The normalized spacial score (nSPS) is 11.2. The van der Waals surface area contributed by atoms with E-state index in [-0.39, 0.29) is 10.6 Å². The summed E-state index contributed by atoms with van der Waals surface area (Å²) in [5.41, 5.74) is 3.14. The molecule has 1 amide bonds. The fourth-order valence-electron chi connectivity index (χ4n) is 3.33. The number of anilines is 1. The number of carbonyl (C=O) groups excluding carboxylic acids is 1. The van der Waals surface area contributed by atoms with Crippen LogP contribution < -0.4 is 23.9 Å². The topological polar surface area (TPSA) is 107 Å². The number of methoxy groups -OCH3 is 2. The molecule has 36 heavy (non-hydrogen) atoms. The maximum absolute atomic E-state index is 13.6. The molecule has 3 rings (SSSR count). The molecule has 9 nitrogen and oxygen atoms in total. The number of nitrogens with zero attached hydrogens (tertiary/aromatic N) is 2. The molecule has 0 atom stereocenters. The van der Waals surface area contributed by atoms with Crippen LogP contribution in [0, 0.1) is 0 Å². The van der Waals surface area contributed by atoms with E-state index < -0.39 is 22.5 Å². The lowest BCUT2D eigenvalue weighted by molar-refractivity contribution is -0.119. The second-order valence-electron chi connectivity index (χ2n) is 7.24. The van der Waals surface area contributed by atoms with Gasteiger partial charge in [0.1, 0.15) is 12.3 Å². The first kappa shape index (κ1) is 26.8. The van der Waals surface area contributed by atoms with Gasteiger partial charge in [-0.1, -0.05) is 29.8 Å². The molecule has 0 aliphatic heterocycles. The molecule has 0 spiro atoms. The van der Waals surface area contributed by atoms with Gasteiger partial charge in [0.2, 0.25) is 0 Å². The highest BCUT2D eigenvalue weighted by Gasteiger charge is 2.29. The average Bonchev–Trinajstić information content (AvgIpc) is 2.88. The zero-order valence-electron chi connectivity index (χ0n) is 20.0. The van der Waals surface area contributed by atoms with Gasteiger partial charge < -0.3 is 14.2 Å². The molecule has 0 saturated carbocycles. The molecule has 0 unspecified atom stereocenters. The van der Waals surface area contributed by atoms with E-state index in [4.69, 9.17) is 25.8 Å². The molecule has 0 aliphatic carbocycles. The Kier molecular flexibility index (Phi) is 9.15. The number of nitrogens with one attached hydrogen (secondary N) is 1. The van der Waals surface area contributed by atoms with E-state index in [1.165, 1.54) is 44.7 Å². The minimum Gasteiger partial charge on any atom is -0.493 e. The molecule has 0 fully saturated rings. The zero-order valence-corrected chi connectivity index (χ0v) is 21.5. The second-order valence-corrected chi connectivity index (χ2v) is 9.54. The van der Waals surface area contributed by atoms with E-state index in [1.807, 2.05) is 0 Å². The van der Waals surface area contributed by atoms with Gasteiger partial charge in [0, 0.05) is 10.6 Å². The summed E-state index contributed by atoms with van der Waals surface area (Å²) in [5, 5.41) is 4.35. The number of hydrogen-bond acceptors (Lipinski definition) is 7. The van der Waals surface area contributed by atoms with Crippen LogP contribution in [0.2, 0.25) is 5.02 Å². The lowest BCUT2D eigenvalue weighted by atomic mass is 10.2. The molecule has 1 N–H and O–H groups in total. The number of hydrogen-bond donors (Lipinski definition) is 1. The van der Waals surface area contributed by atoms with E-state index in [2.05, 4.69) is 10.5 Å². The van der Waals surface area contributed by atoms with Crippen LogP contribution in [-0.2, 0) is 14.8 Å². The third-order valence-electron chi connectivity index (χ3n) is 4.95. The molecule has 3 aromatic carbocycles. The smallest absolute Gasteiger partial charge is 0.264 e. The number of ether oxygens (including phenoxy) is 3. The van der Waals surface area contributed by atoms with Crippen LogP contribution >= 0.6 is 11.6 Å². The standard InChI is InChI=1S/C25H26ClN3O6S/c1-4-35-22-10-6-5-9-21(22)29(36(31,32)20-14-12-19(26)13-15-20)17-24(30)28-27-16-18-8-7-11-23(33-2)25(18)34-3/h5-16H,4,17H2,1-3H3,(H,28,30)/b27-16-. The number of hydrazone groups is 1. The van der Waals surface area contributed by atoms with Crippen LogP contribution in [0.25, 0.3) is 0 Å². The number of amides is 1. The Morgan fingerprint density at radius 1 is 1.00 bits per heavy atom. The highest BCUT2D eigenvalue weighted by Crippen LogP contribution is 2.33. The van der Waals surface area contributed by atoms with Crippen LogP contribution in [0.1, 0.15) is 12.5 Å². The van der Waals surface area contributed by atoms with Crippen molar-refractivity contribution in [3.63, 3.8) is 0 Å². The van der Waals surface area contributed by atoms with Crippen LogP contribution in [0.5, 0.6) is 17.2 Å². The maximum Gasteiger partial charge on any atom is 0.264 e. The molecule has 0 radical (unpaired) electrons. The fraction of sp³-hybridized carbons (Fsp3) is 0.200. The van der Waals surface area contributed by atoms with Crippen molar-refractivity contribution in [3.8, 4) is 17.2 Å². The number of carbonyl (C=O) groups is 1. The summed E-state index contributed by atoms with van der Waals surface area (Å²) in [6.07, 6.45) is 1.38. The predicted molar refractivity (Wildman–Crippen MR) is 139 cm³/mol. The van der Waals surface area contributed by atoms with Crippen molar-refractivity contribution in [2.75, 3.05) is 31.7 Å². The summed E-state index contributed by atoms with van der Waals surface area (Å²) in [5.74, 6) is 0.586. The van der Waals surface area contributed by atoms with Crippen molar-refractivity contribution in [2.24, 2.45) is 5.10 Å². The van der Waals surface area contributed by atoms with Gasteiger partial charge in [-0.15, -0.1) is 0 Å². The first-order chi connectivity index (χ1) is 17.3. The first-order valence-electron chi connectivity index (χ1n) is 10.8. The summed E-state index contributed by atoms with van der Waals surface area (Å²) in [6.45, 7) is 1.54. The van der Waals surface area contributed by atoms with Crippen molar-refractivity contribution in [1.82, 2.24) is 5.43 Å². The third kappa shape index (κ3) is 6.27. The number of rotatable bonds is 11. The summed E-state index contributed by atoms with van der Waals surface area (Å²) in [4.78, 5) is 12.8. The monoisotopic (exact) mass is 531 g/mol. The fourth-order valence-corrected chi connectivity index (χ4v) is 4.88. The molecule has 0 heterocycles. The van der Waals surface area contributed by atoms with Crippen molar-refractivity contribution >= 4 is 39.4 Å². The highest BCUT2D eigenvalue weighted by atomic mass is 35.5. The van der Waals surface area contributed by atoms with Crippen molar-refractivity contribution in [3.05, 3.63) is 77.3 Å². The maximum atomic E-state index is 13.6. The molecule has 0 aliphatic rings. The van der Waals surface area contributed by atoms with Gasteiger partial charge in [0.25, 0.3) is 15.9 Å². The Hall–Kier alpha value is -3.76. The van der Waals surface area contributed by atoms with Gasteiger partial charge in [0.15, 0.2) is 11.5 Å². The number of benzene rings is 3. The molecular formula is C25H26ClN3O6S. The van der Waals surface area contributed by atoms with Crippen LogP contribution in [-0.4, -0.2) is 47.9 Å². The molecule has 0 aromatic heterocycles. The Labute approximate surface area is 215 Å². The SMILES string of the molecule is CCOc1ccccc1N(CC(=O)N/N=C\c1cccc(OC)c1OC)S(=O)(=O)c1ccc(Cl)cc1. The molecule has 11 heteroatoms. The minimum atomic E-state index is -4.16. The summed E-state index contributed by atoms with van der Waals surface area (Å²) < 4.78 is 44.3. The van der Waals surface area contributed by atoms with E-state index >= 15 is 0 Å². The van der Waals surface area contributed by atoms with E-state index in [9.17, 15) is 13.2 Å².